The van der Waals surface area contributed by atoms with Crippen molar-refractivity contribution in [2.45, 2.75) is 0 Å². The van der Waals surface area contributed by atoms with E-state index < -0.39 is 23.7 Å². The monoisotopic (exact) mass is 454 g/mol. The van der Waals surface area contributed by atoms with E-state index in [1.807, 2.05) is 24.3 Å². The minimum Gasteiger partial charge on any atom is -0.457 e. The second kappa shape index (κ2) is 7.48. The first-order chi connectivity index (χ1) is 13.9. The highest BCUT2D eigenvalue weighted by atomic mass is 79.9. The lowest BCUT2D eigenvalue weighted by molar-refractivity contribution is -0.122. The molecule has 29 heavy (non-hydrogen) atoms. The first-order valence-corrected chi connectivity index (χ1v) is 9.24. The van der Waals surface area contributed by atoms with E-state index in [1.165, 1.54) is 18.2 Å². The van der Waals surface area contributed by atoms with Gasteiger partial charge >= 0.3 is 6.03 Å². The standard InChI is InChI=1S/C21H12BrFN2O4/c22-13-3-1-12(2-4-13)18-10-9-16(29-18)11-17-19(26)24-21(28)25(20(17)27)15-7-5-14(23)6-8-15/h1-11H,(H,24,26,28). The van der Waals surface area contributed by atoms with Gasteiger partial charge in [-0.1, -0.05) is 28.1 Å². The van der Waals surface area contributed by atoms with Gasteiger partial charge in [-0.15, -0.1) is 0 Å². The number of nitrogens with one attached hydrogen (secondary N) is 1. The Labute approximate surface area is 172 Å². The molecule has 1 saturated heterocycles. The van der Waals surface area contributed by atoms with Crippen LogP contribution in [-0.4, -0.2) is 17.8 Å². The number of furan rings is 1. The normalized spacial score (nSPS) is 15.7. The predicted octanol–water partition coefficient (Wildman–Crippen LogP) is 4.51. The molecule has 6 nitrogen and oxygen atoms in total. The smallest absolute Gasteiger partial charge is 0.335 e. The second-order valence-corrected chi connectivity index (χ2v) is 7.06. The van der Waals surface area contributed by atoms with E-state index in [9.17, 15) is 18.8 Å². The van der Waals surface area contributed by atoms with Gasteiger partial charge in [0, 0.05) is 10.0 Å². The average Bonchev–Trinajstić information content (AvgIpc) is 3.16. The molecule has 2 heterocycles. The summed E-state index contributed by atoms with van der Waals surface area (Å²) in [5.74, 6) is -1.34. The Morgan fingerprint density at radius 2 is 1.62 bits per heavy atom. The number of benzene rings is 2. The maximum absolute atomic E-state index is 13.2. The van der Waals surface area contributed by atoms with Crippen molar-refractivity contribution < 1.29 is 23.2 Å². The second-order valence-electron chi connectivity index (χ2n) is 6.14. The molecule has 0 unspecified atom stereocenters. The Kier molecular flexibility index (Phi) is 4.85. The summed E-state index contributed by atoms with van der Waals surface area (Å²) in [5.41, 5.74) is 0.688. The zero-order chi connectivity index (χ0) is 20.5. The Morgan fingerprint density at radius 3 is 2.31 bits per heavy atom. The highest BCUT2D eigenvalue weighted by Crippen LogP contribution is 2.26. The number of rotatable bonds is 3. The van der Waals surface area contributed by atoms with Crippen molar-refractivity contribution in [2.75, 3.05) is 4.90 Å². The van der Waals surface area contributed by atoms with Gasteiger partial charge in [-0.05, 0) is 54.6 Å². The van der Waals surface area contributed by atoms with Crippen molar-refractivity contribution in [1.29, 1.82) is 0 Å². The van der Waals surface area contributed by atoms with E-state index >= 15 is 0 Å². The van der Waals surface area contributed by atoms with Gasteiger partial charge in [-0.2, -0.15) is 0 Å². The molecule has 0 spiro atoms. The molecule has 0 aliphatic carbocycles. The lowest BCUT2D eigenvalue weighted by Gasteiger charge is -2.26. The molecule has 1 aliphatic rings. The third-order valence-corrected chi connectivity index (χ3v) is 4.76. The summed E-state index contributed by atoms with van der Waals surface area (Å²) >= 11 is 3.36. The number of imide groups is 2. The van der Waals surface area contributed by atoms with Crippen molar-refractivity contribution in [3.05, 3.63) is 82.3 Å². The molecule has 4 amide bonds. The van der Waals surface area contributed by atoms with Gasteiger partial charge in [0.2, 0.25) is 0 Å². The molecule has 0 bridgehead atoms. The topological polar surface area (TPSA) is 79.6 Å². The molecule has 1 N–H and O–H groups in total. The number of urea groups is 1. The molecule has 0 saturated carbocycles. The fourth-order valence-corrected chi connectivity index (χ4v) is 3.09. The van der Waals surface area contributed by atoms with Gasteiger partial charge < -0.3 is 4.42 Å². The number of barbiturate groups is 1. The number of hydrogen-bond donors (Lipinski definition) is 1. The lowest BCUT2D eigenvalue weighted by Crippen LogP contribution is -2.54. The van der Waals surface area contributed by atoms with Crippen LogP contribution in [0.2, 0.25) is 0 Å². The van der Waals surface area contributed by atoms with E-state index in [1.54, 1.807) is 12.1 Å². The van der Waals surface area contributed by atoms with Crippen LogP contribution in [0.25, 0.3) is 17.4 Å². The zero-order valence-electron chi connectivity index (χ0n) is 14.7. The minimum absolute atomic E-state index is 0.141. The summed E-state index contributed by atoms with van der Waals surface area (Å²) in [7, 11) is 0. The van der Waals surface area contributed by atoms with E-state index in [4.69, 9.17) is 4.42 Å². The summed E-state index contributed by atoms with van der Waals surface area (Å²) in [6.07, 6.45) is 1.27. The quantitative estimate of drug-likeness (QED) is 0.466. The number of hydrogen-bond acceptors (Lipinski definition) is 4. The van der Waals surface area contributed by atoms with E-state index in [0.29, 0.717) is 5.76 Å². The van der Waals surface area contributed by atoms with E-state index in [-0.39, 0.29) is 17.0 Å². The molecule has 1 fully saturated rings. The molecule has 144 valence electrons. The number of amides is 4. The van der Waals surface area contributed by atoms with E-state index in [2.05, 4.69) is 21.2 Å². The maximum Gasteiger partial charge on any atom is 0.335 e. The summed E-state index contributed by atoms with van der Waals surface area (Å²) < 4.78 is 19.8. The third kappa shape index (κ3) is 3.74. The summed E-state index contributed by atoms with van der Waals surface area (Å²) in [6.45, 7) is 0. The number of anilines is 1. The Hall–Kier alpha value is -3.52. The molecule has 2 aromatic carbocycles. The van der Waals surface area contributed by atoms with Crippen LogP contribution in [0.4, 0.5) is 14.9 Å². The average molecular weight is 455 g/mol. The van der Waals surface area contributed by atoms with Gasteiger partial charge in [0.15, 0.2) is 0 Å². The molecular weight excluding hydrogens is 443 g/mol. The Balaban J connectivity index is 1.66. The summed E-state index contributed by atoms with van der Waals surface area (Å²) in [6, 6.07) is 14.6. The third-order valence-electron chi connectivity index (χ3n) is 4.23. The maximum atomic E-state index is 13.2. The van der Waals surface area contributed by atoms with Crippen LogP contribution < -0.4 is 10.2 Å². The Bertz CT molecular complexity index is 1150. The molecule has 1 aromatic heterocycles. The molecule has 4 rings (SSSR count). The van der Waals surface area contributed by atoms with E-state index in [0.717, 1.165) is 27.1 Å². The SMILES string of the molecule is O=C1NC(=O)N(c2ccc(F)cc2)C(=O)C1=Cc1ccc(-c2ccc(Br)cc2)o1. The zero-order valence-corrected chi connectivity index (χ0v) is 16.3. The summed E-state index contributed by atoms with van der Waals surface area (Å²) in [5, 5.41) is 2.11. The van der Waals surface area contributed by atoms with Crippen LogP contribution in [0.1, 0.15) is 5.76 Å². The largest absolute Gasteiger partial charge is 0.457 e. The highest BCUT2D eigenvalue weighted by Gasteiger charge is 2.37. The fourth-order valence-electron chi connectivity index (χ4n) is 2.82. The number of carbonyl (C=O) groups excluding carboxylic acids is 3. The van der Waals surface area contributed by atoms with Gasteiger partial charge in [-0.25, -0.2) is 14.1 Å². The number of nitrogens with zero attached hydrogens (tertiary/aromatic N) is 1. The van der Waals surface area contributed by atoms with Crippen molar-refractivity contribution in [3.8, 4) is 11.3 Å². The predicted molar refractivity (Wildman–Crippen MR) is 107 cm³/mol. The molecular formula is C21H12BrFN2O4. The van der Waals surface area contributed by atoms with Gasteiger partial charge in [0.25, 0.3) is 11.8 Å². The first kappa shape index (κ1) is 18.8. The van der Waals surface area contributed by atoms with Gasteiger partial charge in [0.05, 0.1) is 5.69 Å². The minimum atomic E-state index is -0.904. The van der Waals surface area contributed by atoms with Crippen molar-refractivity contribution >= 4 is 45.5 Å². The van der Waals surface area contributed by atoms with Crippen LogP contribution >= 0.6 is 15.9 Å². The molecule has 0 radical (unpaired) electrons. The summed E-state index contributed by atoms with van der Waals surface area (Å²) in [4.78, 5) is 37.9. The molecule has 8 heteroatoms. The van der Waals surface area contributed by atoms with Crippen molar-refractivity contribution in [3.63, 3.8) is 0 Å². The highest BCUT2D eigenvalue weighted by molar-refractivity contribution is 9.10. The van der Waals surface area contributed by atoms with Crippen LogP contribution in [0.5, 0.6) is 0 Å². The Morgan fingerprint density at radius 1 is 0.931 bits per heavy atom. The fraction of sp³-hybridized carbons (Fsp3) is 0. The van der Waals surface area contributed by atoms with Gasteiger partial charge in [0.1, 0.15) is 22.9 Å². The lowest BCUT2D eigenvalue weighted by atomic mass is 10.1. The van der Waals surface area contributed by atoms with Crippen molar-refractivity contribution in [2.24, 2.45) is 0 Å². The first-order valence-electron chi connectivity index (χ1n) is 8.45. The van der Waals surface area contributed by atoms with Crippen LogP contribution in [-0.2, 0) is 9.59 Å². The number of carbonyl (C=O) groups is 3. The molecule has 1 aliphatic heterocycles. The molecule has 3 aromatic rings. The number of halogens is 2. The van der Waals surface area contributed by atoms with Crippen LogP contribution in [0, 0.1) is 5.82 Å². The van der Waals surface area contributed by atoms with Crippen LogP contribution in [0.15, 0.2) is 75.1 Å². The van der Waals surface area contributed by atoms with Crippen LogP contribution in [0.3, 0.4) is 0 Å². The van der Waals surface area contributed by atoms with Crippen molar-refractivity contribution in [1.82, 2.24) is 5.32 Å². The molecule has 0 atom stereocenters. The van der Waals surface area contributed by atoms with Gasteiger partial charge in [-0.3, -0.25) is 14.9 Å².